The average Bonchev–Trinajstić information content (AvgIpc) is 2.35. The molecule has 12 heavy (non-hydrogen) atoms. The van der Waals surface area contributed by atoms with Gasteiger partial charge in [-0.25, -0.2) is 4.99 Å². The monoisotopic (exact) mass is 227 g/mol. The van der Waals surface area contributed by atoms with Crippen LogP contribution in [0.5, 0.6) is 0 Å². The quantitative estimate of drug-likeness (QED) is 0.499. The molecule has 0 aromatic heterocycles. The minimum Gasteiger partial charge on any atom is -0.475 e. The molecule has 0 bridgehead atoms. The van der Waals surface area contributed by atoms with E-state index in [1.54, 1.807) is 0 Å². The molecule has 0 aromatic carbocycles. The summed E-state index contributed by atoms with van der Waals surface area (Å²) in [6.07, 6.45) is 3.78. The maximum Gasteiger partial charge on any atom is 0.266 e. The van der Waals surface area contributed by atoms with Gasteiger partial charge in [-0.2, -0.15) is 0 Å². The summed E-state index contributed by atoms with van der Waals surface area (Å²) in [5.41, 5.74) is 0. The smallest absolute Gasteiger partial charge is 0.266 e. The Hall–Kier alpha value is 0.0800. The molecule has 1 atom stereocenters. The Bertz CT molecular complexity index is 219. The summed E-state index contributed by atoms with van der Waals surface area (Å²) in [5.74, 6) is 0.176. The zero-order valence-corrected chi connectivity index (χ0v) is 8.70. The summed E-state index contributed by atoms with van der Waals surface area (Å²) >= 11 is 16.7. The predicted molar refractivity (Wildman–Crippen MR) is 52.3 cm³/mol. The summed E-state index contributed by atoms with van der Waals surface area (Å²) in [4.78, 5) is 4.06. The Morgan fingerprint density at radius 2 is 2.25 bits per heavy atom. The van der Waals surface area contributed by atoms with Crippen LogP contribution in [-0.2, 0) is 4.74 Å². The zero-order valence-electron chi connectivity index (χ0n) is 6.43. The third-order valence-electron chi connectivity index (χ3n) is 1.33. The summed E-state index contributed by atoms with van der Waals surface area (Å²) in [5, 5.41) is 0. The lowest BCUT2D eigenvalue weighted by Crippen LogP contribution is -2.18. The van der Waals surface area contributed by atoms with Crippen molar-refractivity contribution in [3.05, 3.63) is 12.2 Å². The minimum atomic E-state index is -1.53. The molecule has 0 saturated heterocycles. The number of rotatable bonds is 1. The fraction of sp³-hybridized carbons (Fsp3) is 0.571. The summed E-state index contributed by atoms with van der Waals surface area (Å²) < 4.78 is 3.55. The van der Waals surface area contributed by atoms with E-state index in [4.69, 9.17) is 39.5 Å². The fourth-order valence-electron chi connectivity index (χ4n) is 0.865. The van der Waals surface area contributed by atoms with Crippen LogP contribution in [0.15, 0.2) is 17.1 Å². The van der Waals surface area contributed by atoms with Gasteiger partial charge in [0.25, 0.3) is 3.79 Å². The number of allylic oxidation sites excluding steroid dienone is 1. The second-order valence-electron chi connectivity index (χ2n) is 2.34. The van der Waals surface area contributed by atoms with Gasteiger partial charge in [-0.3, -0.25) is 0 Å². The van der Waals surface area contributed by atoms with Crippen molar-refractivity contribution in [3.8, 4) is 0 Å². The van der Waals surface area contributed by atoms with Gasteiger partial charge in [0.15, 0.2) is 0 Å². The molecule has 1 rings (SSSR count). The molecule has 5 heteroatoms. The lowest BCUT2D eigenvalue weighted by atomic mass is 10.3. The second-order valence-corrected chi connectivity index (χ2v) is 4.62. The van der Waals surface area contributed by atoms with Crippen LogP contribution in [0, 0.1) is 0 Å². The van der Waals surface area contributed by atoms with E-state index < -0.39 is 3.79 Å². The zero-order chi connectivity index (χ0) is 9.19. The van der Waals surface area contributed by atoms with Crippen molar-refractivity contribution < 1.29 is 4.74 Å². The molecule has 68 valence electrons. The number of hydrogen-bond donors (Lipinski definition) is 0. The third-order valence-corrected chi connectivity index (χ3v) is 1.82. The van der Waals surface area contributed by atoms with Crippen LogP contribution in [-0.4, -0.2) is 22.3 Å². The SMILES string of the molecule is C/C=C/C1COC(C(Cl)(Cl)Cl)=N1. The molecular formula is C7H8Cl3NO. The van der Waals surface area contributed by atoms with Crippen LogP contribution < -0.4 is 0 Å². The van der Waals surface area contributed by atoms with E-state index >= 15 is 0 Å². The summed E-state index contributed by atoms with van der Waals surface area (Å²) in [6.45, 7) is 2.36. The molecule has 0 N–H and O–H groups in total. The first kappa shape index (κ1) is 10.2. The molecule has 0 radical (unpaired) electrons. The summed E-state index contributed by atoms with van der Waals surface area (Å²) in [6, 6.07) is -0.0133. The van der Waals surface area contributed by atoms with Gasteiger partial charge in [0.1, 0.15) is 12.6 Å². The Morgan fingerprint density at radius 1 is 1.58 bits per heavy atom. The molecule has 1 heterocycles. The molecule has 0 amide bonds. The highest BCUT2D eigenvalue weighted by Gasteiger charge is 2.34. The molecule has 0 fully saturated rings. The average molecular weight is 229 g/mol. The molecule has 1 aliphatic rings. The van der Waals surface area contributed by atoms with E-state index in [1.165, 1.54) is 0 Å². The topological polar surface area (TPSA) is 21.6 Å². The van der Waals surface area contributed by atoms with Gasteiger partial charge >= 0.3 is 0 Å². The number of alkyl halides is 3. The number of hydrogen-bond acceptors (Lipinski definition) is 2. The first-order valence-corrected chi connectivity index (χ1v) is 4.58. The Kier molecular flexibility index (Phi) is 3.27. The van der Waals surface area contributed by atoms with Gasteiger partial charge in [0.05, 0.1) is 0 Å². The minimum absolute atomic E-state index is 0.0133. The van der Waals surface area contributed by atoms with Crippen molar-refractivity contribution in [1.82, 2.24) is 0 Å². The van der Waals surface area contributed by atoms with Crippen LogP contribution in [0.4, 0.5) is 0 Å². The van der Waals surface area contributed by atoms with Crippen molar-refractivity contribution in [2.24, 2.45) is 4.99 Å². The standard InChI is InChI=1S/C7H8Cl3NO/c1-2-3-5-4-12-6(11-5)7(8,9)10/h2-3,5H,4H2,1H3/b3-2+. The van der Waals surface area contributed by atoms with Crippen molar-refractivity contribution >= 4 is 40.7 Å². The second kappa shape index (κ2) is 3.86. The number of nitrogens with zero attached hydrogens (tertiary/aromatic N) is 1. The highest BCUT2D eigenvalue weighted by molar-refractivity contribution is 6.76. The molecule has 0 saturated carbocycles. The van der Waals surface area contributed by atoms with E-state index in [9.17, 15) is 0 Å². The number of ether oxygens (including phenoxy) is 1. The molecule has 2 nitrogen and oxygen atoms in total. The van der Waals surface area contributed by atoms with Gasteiger partial charge < -0.3 is 4.74 Å². The molecule has 1 aliphatic heterocycles. The van der Waals surface area contributed by atoms with Gasteiger partial charge in [-0.15, -0.1) is 0 Å². The number of halogens is 3. The highest BCUT2D eigenvalue weighted by atomic mass is 35.6. The molecule has 1 unspecified atom stereocenters. The van der Waals surface area contributed by atoms with Gasteiger partial charge in [-0.05, 0) is 6.92 Å². The van der Waals surface area contributed by atoms with Crippen LogP contribution in [0.2, 0.25) is 0 Å². The van der Waals surface area contributed by atoms with Crippen molar-refractivity contribution in [1.29, 1.82) is 0 Å². The van der Waals surface area contributed by atoms with Gasteiger partial charge in [0, 0.05) is 0 Å². The van der Waals surface area contributed by atoms with Gasteiger partial charge in [0.2, 0.25) is 5.90 Å². The Labute approximate surface area is 86.2 Å². The fourth-order valence-corrected chi connectivity index (χ4v) is 1.18. The van der Waals surface area contributed by atoms with Crippen molar-refractivity contribution in [3.63, 3.8) is 0 Å². The predicted octanol–water partition coefficient (Wildman–Crippen LogP) is 2.73. The Balaban J connectivity index is 2.66. The van der Waals surface area contributed by atoms with Gasteiger partial charge in [-0.1, -0.05) is 47.0 Å². The third kappa shape index (κ3) is 2.54. The maximum absolute atomic E-state index is 5.56. The molecular weight excluding hydrogens is 220 g/mol. The highest BCUT2D eigenvalue weighted by Crippen LogP contribution is 2.31. The number of aliphatic imine (C=N–C) groups is 1. The van der Waals surface area contributed by atoms with Crippen LogP contribution >= 0.6 is 34.8 Å². The van der Waals surface area contributed by atoms with Crippen LogP contribution in [0.25, 0.3) is 0 Å². The van der Waals surface area contributed by atoms with Crippen LogP contribution in [0.3, 0.4) is 0 Å². The summed E-state index contributed by atoms with van der Waals surface area (Å²) in [7, 11) is 0. The first-order valence-electron chi connectivity index (χ1n) is 3.44. The van der Waals surface area contributed by atoms with Crippen molar-refractivity contribution in [2.75, 3.05) is 6.61 Å². The molecule has 0 spiro atoms. The van der Waals surface area contributed by atoms with E-state index in [0.717, 1.165) is 0 Å². The van der Waals surface area contributed by atoms with E-state index in [1.807, 2.05) is 19.1 Å². The van der Waals surface area contributed by atoms with Crippen LogP contribution in [0.1, 0.15) is 6.92 Å². The van der Waals surface area contributed by atoms with E-state index in [-0.39, 0.29) is 11.9 Å². The lowest BCUT2D eigenvalue weighted by Gasteiger charge is -2.08. The molecule has 0 aliphatic carbocycles. The largest absolute Gasteiger partial charge is 0.475 e. The van der Waals surface area contributed by atoms with E-state index in [2.05, 4.69) is 4.99 Å². The maximum atomic E-state index is 5.56. The normalized spacial score (nSPS) is 24.3. The lowest BCUT2D eigenvalue weighted by molar-refractivity contribution is 0.326. The Morgan fingerprint density at radius 3 is 2.67 bits per heavy atom. The van der Waals surface area contributed by atoms with E-state index in [0.29, 0.717) is 6.61 Å². The first-order chi connectivity index (χ1) is 5.54. The molecule has 0 aromatic rings. The van der Waals surface area contributed by atoms with Crippen molar-refractivity contribution in [2.45, 2.75) is 16.8 Å².